The molecule has 172 valence electrons. The number of rotatable bonds is 8. The second kappa shape index (κ2) is 15.2. The van der Waals surface area contributed by atoms with Crippen LogP contribution in [0.5, 0.6) is 0 Å². The molecule has 4 N–H and O–H groups in total. The molecule has 0 radical (unpaired) electrons. The van der Waals surface area contributed by atoms with E-state index in [1.165, 1.54) is 0 Å². The predicted molar refractivity (Wildman–Crippen MR) is 122 cm³/mol. The zero-order valence-electron chi connectivity index (χ0n) is 18.9. The van der Waals surface area contributed by atoms with Crippen molar-refractivity contribution < 1.29 is 30.0 Å². The maximum absolute atomic E-state index is 10.2. The highest BCUT2D eigenvalue weighted by Crippen LogP contribution is 2.32. The highest BCUT2D eigenvalue weighted by atomic mass is 16.4. The Labute approximate surface area is 185 Å². The Morgan fingerprint density at radius 1 is 0.677 bits per heavy atom. The van der Waals surface area contributed by atoms with Crippen molar-refractivity contribution >= 4 is 11.9 Å². The number of hydrogen-bond acceptors (Lipinski definition) is 4. The normalized spacial score (nSPS) is 10.6. The van der Waals surface area contributed by atoms with Gasteiger partial charge in [-0.25, -0.2) is 9.59 Å². The van der Waals surface area contributed by atoms with Crippen LogP contribution in [-0.2, 0) is 0 Å². The van der Waals surface area contributed by atoms with E-state index in [2.05, 4.69) is 27.7 Å². The number of aliphatic hydroxyl groups excluding tert-OH is 2. The van der Waals surface area contributed by atoms with Gasteiger partial charge in [-0.1, -0.05) is 64.1 Å². The third-order valence-corrected chi connectivity index (χ3v) is 4.39. The van der Waals surface area contributed by atoms with Gasteiger partial charge >= 0.3 is 11.9 Å². The van der Waals surface area contributed by atoms with Gasteiger partial charge in [0.1, 0.15) is 0 Å². The Hall–Kier alpha value is -2.70. The monoisotopic (exact) mass is 432 g/mol. The van der Waals surface area contributed by atoms with Crippen molar-refractivity contribution in [2.75, 3.05) is 13.2 Å². The van der Waals surface area contributed by atoms with Crippen molar-refractivity contribution in [3.63, 3.8) is 0 Å². The molecule has 2 rings (SSSR count). The molecule has 0 amide bonds. The molecule has 0 bridgehead atoms. The Balaban J connectivity index is 0.000000445. The van der Waals surface area contributed by atoms with E-state index in [0.717, 1.165) is 12.8 Å². The standard InChI is InChI=1S/C11H24O2.2C7H6O2/c1-9(2)5-11(7-12,8-13)6-10(3)4;2*8-7(9)6-4-2-1-3-5-6/h9-10,12-13H,5-8H2,1-4H3;2*1-5H,(H,8,9). The summed E-state index contributed by atoms with van der Waals surface area (Å²) in [6.07, 6.45) is 1.80. The smallest absolute Gasteiger partial charge is 0.335 e. The largest absolute Gasteiger partial charge is 0.478 e. The first-order valence-electron chi connectivity index (χ1n) is 10.3. The first-order valence-corrected chi connectivity index (χ1v) is 10.3. The number of carbonyl (C=O) groups is 2. The Bertz CT molecular complexity index is 676. The minimum atomic E-state index is -0.879. The van der Waals surface area contributed by atoms with Crippen LogP contribution in [0.15, 0.2) is 60.7 Å². The van der Waals surface area contributed by atoms with E-state index in [9.17, 15) is 19.8 Å². The van der Waals surface area contributed by atoms with Gasteiger partial charge < -0.3 is 20.4 Å². The number of carboxylic acids is 2. The molecule has 0 spiro atoms. The van der Waals surface area contributed by atoms with Gasteiger partial charge in [0.25, 0.3) is 0 Å². The van der Waals surface area contributed by atoms with Crippen LogP contribution in [0.4, 0.5) is 0 Å². The maximum Gasteiger partial charge on any atom is 0.335 e. The van der Waals surface area contributed by atoms with E-state index < -0.39 is 11.9 Å². The molecular formula is C25H36O6. The quantitative estimate of drug-likeness (QED) is 0.475. The van der Waals surface area contributed by atoms with Gasteiger partial charge in [-0.05, 0) is 48.9 Å². The molecule has 0 aliphatic carbocycles. The lowest BCUT2D eigenvalue weighted by Gasteiger charge is -2.33. The van der Waals surface area contributed by atoms with Gasteiger partial charge in [0, 0.05) is 5.41 Å². The minimum absolute atomic E-state index is 0.0971. The molecule has 0 unspecified atom stereocenters. The van der Waals surface area contributed by atoms with Crippen LogP contribution in [0.1, 0.15) is 61.3 Å². The first kappa shape index (κ1) is 28.3. The van der Waals surface area contributed by atoms with Crippen molar-refractivity contribution in [1.82, 2.24) is 0 Å². The topological polar surface area (TPSA) is 115 Å². The minimum Gasteiger partial charge on any atom is -0.478 e. The molecule has 0 saturated heterocycles. The number of benzene rings is 2. The Kier molecular flexibility index (Phi) is 13.8. The average Bonchev–Trinajstić information content (AvgIpc) is 2.74. The lowest BCUT2D eigenvalue weighted by molar-refractivity contribution is 0.0198. The lowest BCUT2D eigenvalue weighted by Crippen LogP contribution is -2.33. The molecule has 0 saturated carbocycles. The number of carboxylic acid groups (broad SMARTS) is 2. The van der Waals surface area contributed by atoms with Gasteiger partial charge in [-0.3, -0.25) is 0 Å². The van der Waals surface area contributed by atoms with E-state index in [-0.39, 0.29) is 18.6 Å². The fourth-order valence-electron chi connectivity index (χ4n) is 3.29. The summed E-state index contributed by atoms with van der Waals surface area (Å²) in [7, 11) is 0. The molecule has 0 aromatic heterocycles. The summed E-state index contributed by atoms with van der Waals surface area (Å²) >= 11 is 0. The second-order valence-electron chi connectivity index (χ2n) is 8.35. The van der Waals surface area contributed by atoms with E-state index in [1.54, 1.807) is 60.7 Å². The van der Waals surface area contributed by atoms with E-state index in [0.29, 0.717) is 23.0 Å². The van der Waals surface area contributed by atoms with Gasteiger partial charge in [-0.15, -0.1) is 0 Å². The summed E-state index contributed by atoms with van der Waals surface area (Å²) < 4.78 is 0. The van der Waals surface area contributed by atoms with E-state index >= 15 is 0 Å². The second-order valence-corrected chi connectivity index (χ2v) is 8.35. The van der Waals surface area contributed by atoms with Gasteiger partial charge in [-0.2, -0.15) is 0 Å². The van der Waals surface area contributed by atoms with Gasteiger partial charge in [0.2, 0.25) is 0 Å². The van der Waals surface area contributed by atoms with Crippen molar-refractivity contribution in [3.05, 3.63) is 71.8 Å². The molecule has 2 aromatic carbocycles. The van der Waals surface area contributed by atoms with E-state index in [1.807, 2.05) is 0 Å². The highest BCUT2D eigenvalue weighted by molar-refractivity contribution is 5.87. The highest BCUT2D eigenvalue weighted by Gasteiger charge is 2.30. The number of aliphatic hydroxyl groups is 2. The van der Waals surface area contributed by atoms with Crippen LogP contribution >= 0.6 is 0 Å². The Morgan fingerprint density at radius 2 is 0.968 bits per heavy atom. The fraction of sp³-hybridized carbons (Fsp3) is 0.440. The first-order chi connectivity index (χ1) is 14.6. The van der Waals surface area contributed by atoms with Gasteiger partial charge in [0.15, 0.2) is 0 Å². The number of aromatic carboxylic acids is 2. The lowest BCUT2D eigenvalue weighted by atomic mass is 9.75. The van der Waals surface area contributed by atoms with Crippen LogP contribution in [0.25, 0.3) is 0 Å². The fourth-order valence-corrected chi connectivity index (χ4v) is 3.29. The van der Waals surface area contributed by atoms with Crippen LogP contribution in [0.2, 0.25) is 0 Å². The molecule has 6 nitrogen and oxygen atoms in total. The third-order valence-electron chi connectivity index (χ3n) is 4.39. The summed E-state index contributed by atoms with van der Waals surface area (Å²) in [5.74, 6) is -0.706. The molecule has 0 atom stereocenters. The van der Waals surface area contributed by atoms with Crippen LogP contribution < -0.4 is 0 Å². The van der Waals surface area contributed by atoms with Crippen molar-refractivity contribution in [2.45, 2.75) is 40.5 Å². The van der Waals surface area contributed by atoms with Crippen molar-refractivity contribution in [2.24, 2.45) is 17.3 Å². The zero-order valence-corrected chi connectivity index (χ0v) is 18.9. The number of hydrogen-bond donors (Lipinski definition) is 4. The molecular weight excluding hydrogens is 396 g/mol. The van der Waals surface area contributed by atoms with Crippen molar-refractivity contribution in [1.29, 1.82) is 0 Å². The van der Waals surface area contributed by atoms with Gasteiger partial charge in [0.05, 0.1) is 24.3 Å². The van der Waals surface area contributed by atoms with Crippen molar-refractivity contribution in [3.8, 4) is 0 Å². The van der Waals surface area contributed by atoms with Crippen LogP contribution in [0.3, 0.4) is 0 Å². The summed E-state index contributed by atoms with van der Waals surface area (Å²) in [4.78, 5) is 20.4. The molecule has 0 aliphatic heterocycles. The summed E-state index contributed by atoms with van der Waals surface area (Å²) in [5, 5.41) is 35.4. The molecule has 31 heavy (non-hydrogen) atoms. The average molecular weight is 433 g/mol. The molecule has 2 aromatic rings. The van der Waals surface area contributed by atoms with Crippen LogP contribution in [-0.4, -0.2) is 45.6 Å². The third kappa shape index (κ3) is 12.6. The summed E-state index contributed by atoms with van der Waals surface area (Å²) in [5.41, 5.74) is 0.400. The maximum atomic E-state index is 10.2. The molecule has 6 heteroatoms. The zero-order chi connectivity index (χ0) is 23.9. The SMILES string of the molecule is CC(C)CC(CO)(CO)CC(C)C.O=C(O)c1ccccc1.O=C(O)c1ccccc1. The predicted octanol–water partition coefficient (Wildman–Crippen LogP) is 4.82. The summed E-state index contributed by atoms with van der Waals surface area (Å²) in [6, 6.07) is 16.6. The van der Waals surface area contributed by atoms with Crippen LogP contribution in [0, 0.1) is 17.3 Å². The molecule has 0 aliphatic rings. The molecule has 0 fully saturated rings. The van der Waals surface area contributed by atoms with E-state index in [4.69, 9.17) is 10.2 Å². The summed E-state index contributed by atoms with van der Waals surface area (Å²) in [6.45, 7) is 8.70. The molecule has 0 heterocycles. The Morgan fingerprint density at radius 3 is 1.13 bits per heavy atom.